The van der Waals surface area contributed by atoms with E-state index in [4.69, 9.17) is 20.4 Å². The number of rotatable bonds is 6. The molecule has 0 amide bonds. The summed E-state index contributed by atoms with van der Waals surface area (Å²) in [6.45, 7) is -1.31. The number of aliphatic hydroxyl groups is 5. The van der Waals surface area contributed by atoms with Gasteiger partial charge in [-0.2, -0.15) is 0 Å². The molecule has 0 fully saturated rings. The molecule has 0 spiro atoms. The molecule has 0 heterocycles. The van der Waals surface area contributed by atoms with Gasteiger partial charge in [-0.15, -0.1) is 0 Å². The highest BCUT2D eigenvalue weighted by molar-refractivity contribution is 5.98. The molecule has 0 aromatic heterocycles. The second-order valence-corrected chi connectivity index (χ2v) is 2.59. The Morgan fingerprint density at radius 3 is 1.85 bits per heavy atom. The molecule has 0 aliphatic carbocycles. The van der Waals surface area contributed by atoms with Crippen LogP contribution in [-0.2, 0) is 4.65 Å². The fraction of sp³-hybridized carbons (Fsp3) is 1.00. The molecule has 76 valence electrons. The van der Waals surface area contributed by atoms with Crippen LogP contribution in [0.2, 0.25) is 0 Å². The Kier molecular flexibility index (Phi) is 6.22. The lowest BCUT2D eigenvalue weighted by Crippen LogP contribution is -2.47. The van der Waals surface area contributed by atoms with Crippen molar-refractivity contribution in [3.63, 3.8) is 0 Å². The summed E-state index contributed by atoms with van der Waals surface area (Å²) in [5.74, 6) is 0. The average Bonchev–Trinajstić information content (AvgIpc) is 2.17. The normalized spacial score (nSPS) is 20.7. The first kappa shape index (κ1) is 12.8. The fourth-order valence-corrected chi connectivity index (χ4v) is 0.787. The molecule has 5 N–H and O–H groups in total. The molecule has 13 heavy (non-hydrogen) atoms. The lowest BCUT2D eigenvalue weighted by Gasteiger charge is -2.27. The molecule has 0 aliphatic heterocycles. The predicted molar refractivity (Wildman–Crippen MR) is 42.8 cm³/mol. The highest BCUT2D eigenvalue weighted by Gasteiger charge is 2.30. The minimum Gasteiger partial charge on any atom is -0.440 e. The first-order valence-electron chi connectivity index (χ1n) is 3.69. The second kappa shape index (κ2) is 6.30. The van der Waals surface area contributed by atoms with Gasteiger partial charge in [0, 0.05) is 0 Å². The second-order valence-electron chi connectivity index (χ2n) is 2.59. The number of hydrogen-bond donors (Lipinski definition) is 5. The summed E-state index contributed by atoms with van der Waals surface area (Å²) in [5.41, 5.74) is 0. The largest absolute Gasteiger partial charge is 0.440 e. The van der Waals surface area contributed by atoms with Crippen LogP contribution in [0.5, 0.6) is 0 Å². The van der Waals surface area contributed by atoms with Gasteiger partial charge in [0.15, 0.2) is 0 Å². The van der Waals surface area contributed by atoms with Crippen LogP contribution in [0.1, 0.15) is 0 Å². The Morgan fingerprint density at radius 1 is 1.00 bits per heavy atom. The maximum atomic E-state index is 9.19. The van der Waals surface area contributed by atoms with E-state index in [-0.39, 0.29) is 0 Å². The molecule has 0 aromatic rings. The standard InChI is InChI=1S/C6H13BO6/c7-13-4(2-9)6(12)5(11)3(10)1-8/h3-6,8-12H,1-2H2. The van der Waals surface area contributed by atoms with Crippen LogP contribution in [-0.4, -0.2) is 71.2 Å². The summed E-state index contributed by atoms with van der Waals surface area (Å²) in [6.07, 6.45) is -5.88. The van der Waals surface area contributed by atoms with Gasteiger partial charge in [-0.05, 0) is 0 Å². The van der Waals surface area contributed by atoms with Crippen LogP contribution in [0.25, 0.3) is 0 Å². The lowest BCUT2D eigenvalue weighted by atomic mass is 10.0. The number of hydrogen-bond acceptors (Lipinski definition) is 6. The third kappa shape index (κ3) is 3.59. The molecule has 0 aliphatic rings. The lowest BCUT2D eigenvalue weighted by molar-refractivity contribution is -0.116. The van der Waals surface area contributed by atoms with E-state index in [1.54, 1.807) is 0 Å². The molecule has 2 radical (unpaired) electrons. The van der Waals surface area contributed by atoms with Crippen molar-refractivity contribution in [1.29, 1.82) is 0 Å². The van der Waals surface area contributed by atoms with Crippen molar-refractivity contribution in [1.82, 2.24) is 0 Å². The van der Waals surface area contributed by atoms with Gasteiger partial charge in [-0.25, -0.2) is 0 Å². The van der Waals surface area contributed by atoms with Crippen molar-refractivity contribution in [2.45, 2.75) is 24.4 Å². The van der Waals surface area contributed by atoms with Gasteiger partial charge in [0.1, 0.15) is 18.3 Å². The molecular weight excluding hydrogens is 179 g/mol. The van der Waals surface area contributed by atoms with Crippen molar-refractivity contribution in [2.24, 2.45) is 0 Å². The third-order valence-electron chi connectivity index (χ3n) is 1.67. The highest BCUT2D eigenvalue weighted by atomic mass is 16.5. The van der Waals surface area contributed by atoms with Gasteiger partial charge >= 0.3 is 0 Å². The zero-order chi connectivity index (χ0) is 10.4. The van der Waals surface area contributed by atoms with Crippen molar-refractivity contribution in [3.8, 4) is 0 Å². The van der Waals surface area contributed by atoms with E-state index in [9.17, 15) is 5.11 Å². The Balaban J connectivity index is 4.13. The third-order valence-corrected chi connectivity index (χ3v) is 1.67. The van der Waals surface area contributed by atoms with E-state index < -0.39 is 37.6 Å². The first-order valence-corrected chi connectivity index (χ1v) is 3.69. The topological polar surface area (TPSA) is 110 Å². The predicted octanol–water partition coefficient (Wildman–Crippen LogP) is -3.48. The van der Waals surface area contributed by atoms with E-state index in [0.29, 0.717) is 0 Å². The minimum absolute atomic E-state index is 0.604. The summed E-state index contributed by atoms with van der Waals surface area (Å²) in [4.78, 5) is 0. The average molecular weight is 192 g/mol. The molecule has 7 heteroatoms. The SMILES string of the molecule is [B]OC(CO)C(O)C(O)C(O)CO. The van der Waals surface area contributed by atoms with Crippen LogP contribution in [0, 0.1) is 0 Å². The Labute approximate surface area is 76.8 Å². The first-order chi connectivity index (χ1) is 6.08. The molecule has 6 nitrogen and oxygen atoms in total. The monoisotopic (exact) mass is 192 g/mol. The zero-order valence-electron chi connectivity index (χ0n) is 6.95. The molecular formula is C6H13BO6. The number of aliphatic hydroxyl groups excluding tert-OH is 5. The molecule has 0 aromatic carbocycles. The van der Waals surface area contributed by atoms with Crippen molar-refractivity contribution >= 4 is 8.05 Å². The van der Waals surface area contributed by atoms with Gasteiger partial charge in [0.2, 0.25) is 0 Å². The maximum Gasteiger partial charge on any atom is 0.283 e. The van der Waals surface area contributed by atoms with Crippen molar-refractivity contribution in [3.05, 3.63) is 0 Å². The minimum atomic E-state index is -1.62. The molecule has 4 unspecified atom stereocenters. The Bertz CT molecular complexity index is 130. The molecule has 0 bridgehead atoms. The summed E-state index contributed by atoms with van der Waals surface area (Å²) < 4.78 is 4.12. The Morgan fingerprint density at radius 2 is 1.54 bits per heavy atom. The Hall–Kier alpha value is -0.175. The van der Waals surface area contributed by atoms with Gasteiger partial charge in [0.25, 0.3) is 8.05 Å². The van der Waals surface area contributed by atoms with Crippen molar-refractivity contribution in [2.75, 3.05) is 13.2 Å². The summed E-state index contributed by atoms with van der Waals surface area (Å²) >= 11 is 0. The van der Waals surface area contributed by atoms with Crippen molar-refractivity contribution < 1.29 is 30.2 Å². The van der Waals surface area contributed by atoms with E-state index in [1.165, 1.54) is 0 Å². The van der Waals surface area contributed by atoms with Gasteiger partial charge in [0.05, 0.1) is 19.3 Å². The van der Waals surface area contributed by atoms with Crippen LogP contribution >= 0.6 is 0 Å². The fourth-order valence-electron chi connectivity index (χ4n) is 0.787. The van der Waals surface area contributed by atoms with Crippen LogP contribution < -0.4 is 0 Å². The molecule has 0 rings (SSSR count). The molecule has 0 saturated heterocycles. The summed E-state index contributed by atoms with van der Waals surface area (Å²) in [7, 11) is 4.69. The van der Waals surface area contributed by atoms with E-state index in [1.807, 2.05) is 0 Å². The highest BCUT2D eigenvalue weighted by Crippen LogP contribution is 2.06. The zero-order valence-corrected chi connectivity index (χ0v) is 6.95. The molecule has 0 saturated carbocycles. The van der Waals surface area contributed by atoms with Gasteiger partial charge in [-0.3, -0.25) is 0 Å². The maximum absolute atomic E-state index is 9.19. The smallest absolute Gasteiger partial charge is 0.283 e. The van der Waals surface area contributed by atoms with Gasteiger partial charge in [-0.1, -0.05) is 0 Å². The molecule has 4 atom stereocenters. The van der Waals surface area contributed by atoms with Crippen LogP contribution in [0.15, 0.2) is 0 Å². The van der Waals surface area contributed by atoms with Crippen LogP contribution in [0.4, 0.5) is 0 Å². The van der Waals surface area contributed by atoms with Gasteiger partial charge < -0.3 is 30.2 Å². The van der Waals surface area contributed by atoms with E-state index in [0.717, 1.165) is 0 Å². The summed E-state index contributed by atoms with van der Waals surface area (Å²) in [5, 5.41) is 44.2. The quantitative estimate of drug-likeness (QED) is 0.279. The van der Waals surface area contributed by atoms with E-state index in [2.05, 4.69) is 12.7 Å². The van der Waals surface area contributed by atoms with E-state index >= 15 is 0 Å². The van der Waals surface area contributed by atoms with Crippen LogP contribution in [0.3, 0.4) is 0 Å². The summed E-state index contributed by atoms with van der Waals surface area (Å²) in [6, 6.07) is 0.